The Morgan fingerprint density at radius 3 is 2.31 bits per heavy atom. The maximum absolute atomic E-state index is 10.7. The highest BCUT2D eigenvalue weighted by Crippen LogP contribution is 2.09. The topological polar surface area (TPSA) is 43.4 Å². The minimum atomic E-state index is -3.27. The van der Waals surface area contributed by atoms with Gasteiger partial charge < -0.3 is 0 Å². The lowest BCUT2D eigenvalue weighted by atomic mass is 10.1. The van der Waals surface area contributed by atoms with Crippen LogP contribution < -0.4 is 0 Å². The fraction of sp³-hybridized carbons (Fsp3) is 1.00. The van der Waals surface area contributed by atoms with Gasteiger partial charge in [-0.1, -0.05) is 32.6 Å². The minimum absolute atomic E-state index is 0.174. The summed E-state index contributed by atoms with van der Waals surface area (Å²) in [4.78, 5) is 0. The molecule has 0 saturated carbocycles. The van der Waals surface area contributed by atoms with E-state index in [1.807, 2.05) is 0 Å². The molecule has 0 amide bonds. The molecule has 0 unspecified atom stereocenters. The quantitative estimate of drug-likeness (QED) is 0.476. The Morgan fingerprint density at radius 2 is 1.85 bits per heavy atom. The first-order valence-electron chi connectivity index (χ1n) is 4.84. The lowest BCUT2D eigenvalue weighted by Gasteiger charge is -2.09. The van der Waals surface area contributed by atoms with Gasteiger partial charge in [-0.05, 0) is 13.3 Å². The Kier molecular flexibility index (Phi) is 6.33. The molecule has 0 radical (unpaired) electrons. The van der Waals surface area contributed by atoms with Crippen LogP contribution in [-0.4, -0.2) is 20.8 Å². The highest BCUT2D eigenvalue weighted by Gasteiger charge is 2.09. The van der Waals surface area contributed by atoms with Crippen molar-refractivity contribution in [2.45, 2.75) is 52.1 Å². The second-order valence-electron chi connectivity index (χ2n) is 3.46. The van der Waals surface area contributed by atoms with Crippen LogP contribution in [0.2, 0.25) is 0 Å². The molecular formula is C9H20O3S. The van der Waals surface area contributed by atoms with Crippen molar-refractivity contribution < 1.29 is 12.6 Å². The zero-order valence-corrected chi connectivity index (χ0v) is 9.56. The third-order valence-electron chi connectivity index (χ3n) is 1.80. The van der Waals surface area contributed by atoms with Crippen LogP contribution in [-0.2, 0) is 14.3 Å². The summed E-state index contributed by atoms with van der Waals surface area (Å²) in [5.74, 6) is 0. The van der Waals surface area contributed by atoms with Crippen molar-refractivity contribution in [3.05, 3.63) is 0 Å². The summed E-state index contributed by atoms with van der Waals surface area (Å²) in [6.45, 7) is 3.95. The third-order valence-corrected chi connectivity index (χ3v) is 2.48. The Morgan fingerprint density at radius 1 is 1.23 bits per heavy atom. The van der Waals surface area contributed by atoms with Crippen LogP contribution in [0.4, 0.5) is 0 Å². The summed E-state index contributed by atoms with van der Waals surface area (Å²) in [5, 5.41) is 0. The first-order chi connectivity index (χ1) is 5.95. The van der Waals surface area contributed by atoms with Crippen molar-refractivity contribution in [1.29, 1.82) is 0 Å². The number of hydrogen-bond donors (Lipinski definition) is 0. The lowest BCUT2D eigenvalue weighted by molar-refractivity contribution is 0.216. The normalized spacial score (nSPS) is 14.4. The molecule has 4 heteroatoms. The molecule has 0 aromatic heterocycles. The zero-order valence-electron chi connectivity index (χ0n) is 8.75. The average Bonchev–Trinajstić information content (AvgIpc) is 1.94. The fourth-order valence-corrected chi connectivity index (χ4v) is 1.90. The Bertz CT molecular complexity index is 209. The first-order valence-corrected chi connectivity index (χ1v) is 6.65. The van der Waals surface area contributed by atoms with E-state index in [9.17, 15) is 8.42 Å². The monoisotopic (exact) mass is 208 g/mol. The van der Waals surface area contributed by atoms with E-state index in [1.165, 1.54) is 12.8 Å². The third kappa shape index (κ3) is 9.83. The molecule has 1 atom stereocenters. The Hall–Kier alpha value is -0.0900. The molecule has 0 aliphatic carbocycles. The van der Waals surface area contributed by atoms with Crippen molar-refractivity contribution in [3.63, 3.8) is 0 Å². The van der Waals surface area contributed by atoms with Gasteiger partial charge in [0, 0.05) is 0 Å². The van der Waals surface area contributed by atoms with E-state index < -0.39 is 10.1 Å². The Balaban J connectivity index is 3.47. The number of hydrogen-bond acceptors (Lipinski definition) is 3. The molecule has 0 aromatic rings. The molecule has 0 fully saturated rings. The van der Waals surface area contributed by atoms with E-state index >= 15 is 0 Å². The standard InChI is InChI=1S/C9H20O3S/c1-4-5-6-7-8-9(2)12-13(3,10)11/h9H,4-8H2,1-3H3/t9-/m0/s1. The van der Waals surface area contributed by atoms with E-state index in [0.717, 1.165) is 25.5 Å². The molecule has 0 aliphatic heterocycles. The maximum Gasteiger partial charge on any atom is 0.264 e. The van der Waals surface area contributed by atoms with Gasteiger partial charge in [0.1, 0.15) is 0 Å². The van der Waals surface area contributed by atoms with Crippen LogP contribution in [0.15, 0.2) is 0 Å². The molecule has 0 heterocycles. The molecule has 0 spiro atoms. The molecule has 0 saturated heterocycles. The number of unbranched alkanes of at least 4 members (excludes halogenated alkanes) is 3. The SMILES string of the molecule is CCCCCC[C@H](C)OS(C)(=O)=O. The highest BCUT2D eigenvalue weighted by atomic mass is 32.2. The summed E-state index contributed by atoms with van der Waals surface area (Å²) in [7, 11) is -3.27. The van der Waals surface area contributed by atoms with Crippen molar-refractivity contribution in [2.75, 3.05) is 6.26 Å². The predicted octanol–water partition coefficient (Wildman–Crippen LogP) is 2.32. The van der Waals surface area contributed by atoms with Gasteiger partial charge in [0.15, 0.2) is 0 Å². The van der Waals surface area contributed by atoms with Crippen molar-refractivity contribution in [1.82, 2.24) is 0 Å². The van der Waals surface area contributed by atoms with Gasteiger partial charge in [0.2, 0.25) is 0 Å². The van der Waals surface area contributed by atoms with Gasteiger partial charge in [-0.2, -0.15) is 8.42 Å². The summed E-state index contributed by atoms with van der Waals surface area (Å²) < 4.78 is 26.2. The van der Waals surface area contributed by atoms with E-state index in [2.05, 4.69) is 6.92 Å². The van der Waals surface area contributed by atoms with Gasteiger partial charge >= 0.3 is 0 Å². The van der Waals surface area contributed by atoms with Crippen molar-refractivity contribution in [3.8, 4) is 0 Å². The summed E-state index contributed by atoms with van der Waals surface area (Å²) >= 11 is 0. The first kappa shape index (κ1) is 12.9. The second-order valence-corrected chi connectivity index (χ2v) is 5.06. The summed E-state index contributed by atoms with van der Waals surface area (Å²) in [6.07, 6.45) is 6.36. The van der Waals surface area contributed by atoms with Gasteiger partial charge in [0.25, 0.3) is 10.1 Å². The zero-order chi connectivity index (χ0) is 10.3. The predicted molar refractivity (Wildman–Crippen MR) is 54.1 cm³/mol. The summed E-state index contributed by atoms with van der Waals surface area (Å²) in [5.41, 5.74) is 0. The molecule has 0 N–H and O–H groups in total. The van der Waals surface area contributed by atoms with E-state index in [0.29, 0.717) is 0 Å². The van der Waals surface area contributed by atoms with Gasteiger partial charge in [-0.3, -0.25) is 4.18 Å². The fourth-order valence-electron chi connectivity index (χ4n) is 1.21. The van der Waals surface area contributed by atoms with E-state index in [4.69, 9.17) is 4.18 Å². The van der Waals surface area contributed by atoms with Crippen LogP contribution in [0.25, 0.3) is 0 Å². The Labute approximate surface area is 81.6 Å². The molecule has 13 heavy (non-hydrogen) atoms. The second kappa shape index (κ2) is 6.38. The van der Waals surface area contributed by atoms with Crippen LogP contribution in [0.1, 0.15) is 46.0 Å². The minimum Gasteiger partial charge on any atom is -0.267 e. The van der Waals surface area contributed by atoms with Crippen LogP contribution >= 0.6 is 0 Å². The molecule has 80 valence electrons. The number of rotatable bonds is 7. The molecule has 0 aliphatic rings. The smallest absolute Gasteiger partial charge is 0.264 e. The van der Waals surface area contributed by atoms with E-state index in [-0.39, 0.29) is 6.10 Å². The van der Waals surface area contributed by atoms with Gasteiger partial charge in [-0.25, -0.2) is 0 Å². The maximum atomic E-state index is 10.7. The largest absolute Gasteiger partial charge is 0.267 e. The van der Waals surface area contributed by atoms with Crippen molar-refractivity contribution in [2.24, 2.45) is 0 Å². The van der Waals surface area contributed by atoms with Gasteiger partial charge in [-0.15, -0.1) is 0 Å². The lowest BCUT2D eigenvalue weighted by Crippen LogP contribution is -2.13. The van der Waals surface area contributed by atoms with E-state index in [1.54, 1.807) is 6.92 Å². The van der Waals surface area contributed by atoms with Gasteiger partial charge in [0.05, 0.1) is 12.4 Å². The molecule has 3 nitrogen and oxygen atoms in total. The van der Waals surface area contributed by atoms with Crippen LogP contribution in [0, 0.1) is 0 Å². The molecular weight excluding hydrogens is 188 g/mol. The highest BCUT2D eigenvalue weighted by molar-refractivity contribution is 7.86. The molecule has 0 bridgehead atoms. The van der Waals surface area contributed by atoms with Crippen LogP contribution in [0.3, 0.4) is 0 Å². The molecule has 0 aromatic carbocycles. The summed E-state index contributed by atoms with van der Waals surface area (Å²) in [6, 6.07) is 0. The van der Waals surface area contributed by atoms with Crippen LogP contribution in [0.5, 0.6) is 0 Å². The molecule has 0 rings (SSSR count). The average molecular weight is 208 g/mol. The van der Waals surface area contributed by atoms with Crippen molar-refractivity contribution >= 4 is 10.1 Å².